The van der Waals surface area contributed by atoms with Crippen LogP contribution in [-0.4, -0.2) is 35.2 Å². The van der Waals surface area contributed by atoms with Crippen LogP contribution in [0.2, 0.25) is 0 Å². The highest BCUT2D eigenvalue weighted by molar-refractivity contribution is 5.73. The molecule has 1 amide bonds. The molecule has 1 N–H and O–H groups in total. The minimum absolute atomic E-state index is 0.175. The Kier molecular flexibility index (Phi) is 4.61. The number of carboxylic acids is 1. The average molecular weight is 277 g/mol. The van der Waals surface area contributed by atoms with E-state index in [1.54, 1.807) is 0 Å². The molecule has 5 nitrogen and oxygen atoms in total. The van der Waals surface area contributed by atoms with Crippen molar-refractivity contribution in [1.29, 1.82) is 0 Å². The highest BCUT2D eigenvalue weighted by Gasteiger charge is 2.32. The van der Waals surface area contributed by atoms with Crippen molar-refractivity contribution in [2.75, 3.05) is 13.1 Å². The monoisotopic (exact) mass is 277 g/mol. The Hall–Kier alpha value is -2.04. The quantitative estimate of drug-likeness (QED) is 0.921. The second kappa shape index (κ2) is 6.41. The third-order valence-electron chi connectivity index (χ3n) is 3.47. The molecule has 0 saturated carbocycles. The maximum atomic E-state index is 12.0. The highest BCUT2D eigenvalue weighted by atomic mass is 16.6. The molecule has 0 unspecified atom stereocenters. The van der Waals surface area contributed by atoms with E-state index in [-0.39, 0.29) is 19.1 Å². The van der Waals surface area contributed by atoms with Crippen LogP contribution in [0, 0.1) is 11.8 Å². The Morgan fingerprint density at radius 2 is 2.00 bits per heavy atom. The number of hydrogen-bond donors (Lipinski definition) is 1. The van der Waals surface area contributed by atoms with E-state index in [0.29, 0.717) is 13.0 Å². The van der Waals surface area contributed by atoms with Gasteiger partial charge in [-0.2, -0.15) is 0 Å². The van der Waals surface area contributed by atoms with E-state index < -0.39 is 18.0 Å². The van der Waals surface area contributed by atoms with Gasteiger partial charge in [-0.05, 0) is 17.9 Å². The van der Waals surface area contributed by atoms with Gasteiger partial charge in [-0.25, -0.2) is 4.79 Å². The topological polar surface area (TPSA) is 66.8 Å². The third-order valence-corrected chi connectivity index (χ3v) is 3.47. The van der Waals surface area contributed by atoms with Gasteiger partial charge in [-0.15, -0.1) is 0 Å². The summed E-state index contributed by atoms with van der Waals surface area (Å²) in [4.78, 5) is 24.6. The number of carbonyl (C=O) groups excluding carboxylic acids is 1. The maximum absolute atomic E-state index is 12.0. The molecule has 1 aromatic rings. The fourth-order valence-corrected chi connectivity index (χ4v) is 2.49. The van der Waals surface area contributed by atoms with Crippen molar-refractivity contribution in [1.82, 2.24) is 4.90 Å². The second-order valence-electron chi connectivity index (χ2n) is 5.32. The van der Waals surface area contributed by atoms with Crippen molar-refractivity contribution in [2.45, 2.75) is 20.0 Å². The van der Waals surface area contributed by atoms with Gasteiger partial charge in [0.05, 0.1) is 5.92 Å². The number of ether oxygens (including phenoxy) is 1. The van der Waals surface area contributed by atoms with E-state index in [0.717, 1.165) is 5.56 Å². The molecule has 1 aromatic carbocycles. The summed E-state index contributed by atoms with van der Waals surface area (Å²) in [6, 6.07) is 9.42. The first-order valence-electron chi connectivity index (χ1n) is 6.74. The van der Waals surface area contributed by atoms with Crippen LogP contribution in [0.25, 0.3) is 0 Å². The summed E-state index contributed by atoms with van der Waals surface area (Å²) in [6.07, 6.45) is 0.171. The van der Waals surface area contributed by atoms with Crippen molar-refractivity contribution in [3.05, 3.63) is 35.9 Å². The van der Waals surface area contributed by atoms with Gasteiger partial charge >= 0.3 is 12.1 Å². The van der Waals surface area contributed by atoms with Crippen LogP contribution in [-0.2, 0) is 16.1 Å². The minimum atomic E-state index is -0.850. The molecule has 2 atom stereocenters. The Morgan fingerprint density at radius 3 is 2.65 bits per heavy atom. The minimum Gasteiger partial charge on any atom is -0.481 e. The summed E-state index contributed by atoms with van der Waals surface area (Å²) in [6.45, 7) is 2.94. The Bertz CT molecular complexity index is 474. The standard InChI is InChI=1S/C15H19NO4/c1-11-7-13(14(17)18)9-16(8-11)15(19)20-10-12-5-3-2-4-6-12/h2-6,11,13H,7-10H2,1H3,(H,17,18)/t11-,13-/m0/s1. The summed E-state index contributed by atoms with van der Waals surface area (Å²) in [7, 11) is 0. The lowest BCUT2D eigenvalue weighted by Gasteiger charge is -2.33. The number of carboxylic acid groups (broad SMARTS) is 1. The van der Waals surface area contributed by atoms with Crippen molar-refractivity contribution in [3.8, 4) is 0 Å². The summed E-state index contributed by atoms with van der Waals surface area (Å²) in [5.74, 6) is -1.17. The maximum Gasteiger partial charge on any atom is 0.410 e. The molecule has 2 rings (SSSR count). The zero-order valence-corrected chi connectivity index (χ0v) is 11.5. The van der Waals surface area contributed by atoms with Crippen molar-refractivity contribution >= 4 is 12.1 Å². The van der Waals surface area contributed by atoms with Gasteiger partial charge in [0, 0.05) is 13.1 Å². The van der Waals surface area contributed by atoms with E-state index in [1.165, 1.54) is 4.90 Å². The van der Waals surface area contributed by atoms with Gasteiger partial charge in [-0.3, -0.25) is 4.79 Å². The van der Waals surface area contributed by atoms with Gasteiger partial charge in [-0.1, -0.05) is 37.3 Å². The zero-order valence-electron chi connectivity index (χ0n) is 11.5. The summed E-state index contributed by atoms with van der Waals surface area (Å²) in [5.41, 5.74) is 0.917. The van der Waals surface area contributed by atoms with Crippen LogP contribution < -0.4 is 0 Å². The summed E-state index contributed by atoms with van der Waals surface area (Å²) < 4.78 is 5.24. The van der Waals surface area contributed by atoms with E-state index >= 15 is 0 Å². The molecule has 1 fully saturated rings. The first-order valence-corrected chi connectivity index (χ1v) is 6.74. The van der Waals surface area contributed by atoms with Crippen molar-refractivity contribution < 1.29 is 19.4 Å². The number of aliphatic carboxylic acids is 1. The smallest absolute Gasteiger partial charge is 0.410 e. The predicted octanol–water partition coefficient (Wildman–Crippen LogP) is 2.37. The van der Waals surface area contributed by atoms with E-state index in [4.69, 9.17) is 9.84 Å². The lowest BCUT2D eigenvalue weighted by Crippen LogP contribution is -2.45. The molecule has 0 bridgehead atoms. The molecule has 1 aliphatic rings. The average Bonchev–Trinajstić information content (AvgIpc) is 2.45. The molecule has 1 aliphatic heterocycles. The molecule has 0 spiro atoms. The van der Waals surface area contributed by atoms with Crippen LogP contribution in [0.15, 0.2) is 30.3 Å². The lowest BCUT2D eigenvalue weighted by molar-refractivity contribution is -0.144. The van der Waals surface area contributed by atoms with Crippen molar-refractivity contribution in [3.63, 3.8) is 0 Å². The Balaban J connectivity index is 1.90. The molecular formula is C15H19NO4. The van der Waals surface area contributed by atoms with Crippen LogP contribution >= 0.6 is 0 Å². The van der Waals surface area contributed by atoms with Gasteiger partial charge in [0.25, 0.3) is 0 Å². The number of likely N-dealkylation sites (tertiary alicyclic amines) is 1. The van der Waals surface area contributed by atoms with Crippen LogP contribution in [0.1, 0.15) is 18.9 Å². The van der Waals surface area contributed by atoms with Gasteiger partial charge in [0.2, 0.25) is 0 Å². The van der Waals surface area contributed by atoms with Gasteiger partial charge < -0.3 is 14.7 Å². The van der Waals surface area contributed by atoms with E-state index in [9.17, 15) is 9.59 Å². The Labute approximate surface area is 118 Å². The molecule has 108 valence electrons. The molecule has 0 aromatic heterocycles. The number of rotatable bonds is 3. The molecular weight excluding hydrogens is 258 g/mol. The highest BCUT2D eigenvalue weighted by Crippen LogP contribution is 2.22. The fraction of sp³-hybridized carbons (Fsp3) is 0.467. The summed E-state index contributed by atoms with van der Waals surface area (Å²) >= 11 is 0. The largest absolute Gasteiger partial charge is 0.481 e. The van der Waals surface area contributed by atoms with Crippen molar-refractivity contribution in [2.24, 2.45) is 11.8 Å². The number of benzene rings is 1. The Morgan fingerprint density at radius 1 is 1.30 bits per heavy atom. The molecule has 20 heavy (non-hydrogen) atoms. The normalized spacial score (nSPS) is 22.4. The molecule has 1 saturated heterocycles. The fourth-order valence-electron chi connectivity index (χ4n) is 2.49. The number of carbonyl (C=O) groups is 2. The number of amides is 1. The number of nitrogens with zero attached hydrogens (tertiary/aromatic N) is 1. The van der Waals surface area contributed by atoms with E-state index in [1.807, 2.05) is 37.3 Å². The predicted molar refractivity (Wildman–Crippen MR) is 73.1 cm³/mol. The number of piperidine rings is 1. The molecule has 0 aliphatic carbocycles. The lowest BCUT2D eigenvalue weighted by atomic mass is 9.91. The molecule has 0 radical (unpaired) electrons. The van der Waals surface area contributed by atoms with E-state index in [2.05, 4.69) is 0 Å². The van der Waals surface area contributed by atoms with Crippen LogP contribution in [0.5, 0.6) is 0 Å². The first kappa shape index (κ1) is 14.4. The molecule has 1 heterocycles. The van der Waals surface area contributed by atoms with Crippen LogP contribution in [0.3, 0.4) is 0 Å². The summed E-state index contributed by atoms with van der Waals surface area (Å²) in [5, 5.41) is 9.08. The van der Waals surface area contributed by atoms with Gasteiger partial charge in [0.15, 0.2) is 0 Å². The van der Waals surface area contributed by atoms with Crippen LogP contribution in [0.4, 0.5) is 4.79 Å². The number of hydrogen-bond acceptors (Lipinski definition) is 3. The van der Waals surface area contributed by atoms with Gasteiger partial charge in [0.1, 0.15) is 6.61 Å². The second-order valence-corrected chi connectivity index (χ2v) is 5.32. The SMILES string of the molecule is C[C@H]1C[C@H](C(=O)O)CN(C(=O)OCc2ccccc2)C1. The third kappa shape index (κ3) is 3.73. The molecule has 5 heteroatoms. The first-order chi connectivity index (χ1) is 9.56. The zero-order chi connectivity index (χ0) is 14.5.